The number of piperazine rings is 1. The lowest BCUT2D eigenvalue weighted by molar-refractivity contribution is -0.123. The van der Waals surface area contributed by atoms with Gasteiger partial charge in [-0.25, -0.2) is 0 Å². The molecule has 3 atom stereocenters. The third-order valence-corrected chi connectivity index (χ3v) is 8.02. The van der Waals surface area contributed by atoms with Crippen LogP contribution in [-0.2, 0) is 16.0 Å². The molecule has 0 spiro atoms. The number of phenols is 1. The molecule has 0 amide bonds. The molecule has 3 unspecified atom stereocenters. The molecular formula is C27H37N3O6. The lowest BCUT2D eigenvalue weighted by Gasteiger charge is -2.37. The summed E-state index contributed by atoms with van der Waals surface area (Å²) in [6.45, 7) is 4.15. The molecule has 9 nitrogen and oxygen atoms in total. The number of phenolic OH excluding ortho intramolecular Hbond substituents is 1. The number of fused-ring (bicyclic) bond motifs is 1. The number of aliphatic hydroxyl groups is 2. The Morgan fingerprint density at radius 1 is 1.06 bits per heavy atom. The number of hydrogen-bond donors (Lipinski definition) is 3. The molecule has 1 aromatic rings. The Morgan fingerprint density at radius 2 is 1.72 bits per heavy atom. The maximum absolute atomic E-state index is 13.4. The van der Waals surface area contributed by atoms with Crippen molar-refractivity contribution in [2.45, 2.75) is 32.6 Å². The summed E-state index contributed by atoms with van der Waals surface area (Å²) in [5.74, 6) is -2.54. The number of anilines is 2. The van der Waals surface area contributed by atoms with E-state index in [1.807, 2.05) is 25.1 Å². The van der Waals surface area contributed by atoms with Gasteiger partial charge in [0.25, 0.3) is 0 Å². The zero-order chi connectivity index (χ0) is 26.3. The number of likely N-dealkylation sites (N-methyl/N-ethyl adjacent to an activating group) is 1. The number of aliphatic hydroxyl groups excluding tert-OH is 2. The van der Waals surface area contributed by atoms with Crippen LogP contribution in [0.3, 0.4) is 0 Å². The molecule has 1 heterocycles. The normalized spacial score (nSPS) is 25.2. The lowest BCUT2D eigenvalue weighted by Crippen LogP contribution is -2.44. The predicted octanol–water partition coefficient (Wildman–Crippen LogP) is 1.94. The summed E-state index contributed by atoms with van der Waals surface area (Å²) in [7, 11) is 5.90. The molecule has 196 valence electrons. The number of carbonyl (C=O) groups excluding carboxylic acids is 3. The Kier molecular flexibility index (Phi) is 7.43. The fourth-order valence-corrected chi connectivity index (χ4v) is 6.09. The van der Waals surface area contributed by atoms with Crippen molar-refractivity contribution in [3.63, 3.8) is 0 Å². The standard InChI is InChI=1S/C27H37N3O6/c1-15(32)24-23(34)12-17(19(14-31)26(24)35)9-16-10-18-20(28(2)3)13-21(27(36)25(18)22(33)11-16)30-7-5-29(4)6-8-30/h13,16-17,19,31,35-36H,5-12,14H2,1-4H3. The van der Waals surface area contributed by atoms with E-state index < -0.39 is 17.5 Å². The van der Waals surface area contributed by atoms with Crippen LogP contribution in [0.5, 0.6) is 5.75 Å². The van der Waals surface area contributed by atoms with Crippen LogP contribution in [0.15, 0.2) is 17.4 Å². The molecule has 4 rings (SSSR count). The van der Waals surface area contributed by atoms with Gasteiger partial charge in [-0.2, -0.15) is 0 Å². The van der Waals surface area contributed by atoms with Crippen molar-refractivity contribution in [3.05, 3.63) is 28.5 Å². The van der Waals surface area contributed by atoms with Crippen LogP contribution in [0.2, 0.25) is 0 Å². The predicted molar refractivity (Wildman–Crippen MR) is 137 cm³/mol. The number of ketones is 3. The number of allylic oxidation sites excluding steroid dienone is 1. The number of Topliss-reactive ketones (excluding diaryl/α,β-unsaturated/α-hetero) is 3. The van der Waals surface area contributed by atoms with E-state index in [9.17, 15) is 29.7 Å². The van der Waals surface area contributed by atoms with Crippen molar-refractivity contribution < 1.29 is 29.7 Å². The minimum Gasteiger partial charge on any atom is -0.511 e. The molecule has 3 aliphatic rings. The SMILES string of the molecule is CC(=O)C1=C(O)C(CO)C(CC2CC(=O)c3c(O)c(N4CCN(C)CC4)cc(N(C)C)c3C2)CC1=O. The van der Waals surface area contributed by atoms with Crippen molar-refractivity contribution >= 4 is 28.7 Å². The first kappa shape index (κ1) is 26.2. The fourth-order valence-electron chi connectivity index (χ4n) is 6.09. The zero-order valence-electron chi connectivity index (χ0n) is 21.6. The molecule has 0 radical (unpaired) electrons. The van der Waals surface area contributed by atoms with Crippen molar-refractivity contribution in [2.24, 2.45) is 17.8 Å². The third kappa shape index (κ3) is 4.74. The summed E-state index contributed by atoms with van der Waals surface area (Å²) in [5.41, 5.74) is 2.53. The number of nitrogens with zero attached hydrogens (tertiary/aromatic N) is 3. The average Bonchev–Trinajstić information content (AvgIpc) is 2.79. The van der Waals surface area contributed by atoms with Gasteiger partial charge in [0, 0.05) is 64.7 Å². The quantitative estimate of drug-likeness (QED) is 0.504. The molecule has 1 aromatic carbocycles. The molecule has 1 aliphatic heterocycles. The molecule has 2 aliphatic carbocycles. The van der Waals surface area contributed by atoms with Gasteiger partial charge in [0.2, 0.25) is 0 Å². The molecule has 0 bridgehead atoms. The average molecular weight is 500 g/mol. The van der Waals surface area contributed by atoms with Crippen LogP contribution in [0, 0.1) is 17.8 Å². The van der Waals surface area contributed by atoms with Gasteiger partial charge in [0.15, 0.2) is 17.3 Å². The second kappa shape index (κ2) is 10.2. The largest absolute Gasteiger partial charge is 0.511 e. The smallest absolute Gasteiger partial charge is 0.170 e. The number of benzene rings is 1. The van der Waals surface area contributed by atoms with E-state index in [0.717, 1.165) is 37.4 Å². The maximum atomic E-state index is 13.4. The van der Waals surface area contributed by atoms with Crippen LogP contribution in [0.25, 0.3) is 0 Å². The summed E-state index contributed by atoms with van der Waals surface area (Å²) in [6, 6.07) is 1.96. The van der Waals surface area contributed by atoms with Gasteiger partial charge in [-0.05, 0) is 50.3 Å². The minimum absolute atomic E-state index is 0.0383. The lowest BCUT2D eigenvalue weighted by atomic mass is 9.70. The first-order valence-corrected chi connectivity index (χ1v) is 12.6. The molecule has 0 saturated carbocycles. The Bertz CT molecular complexity index is 1100. The van der Waals surface area contributed by atoms with E-state index in [1.165, 1.54) is 6.92 Å². The molecule has 3 N–H and O–H groups in total. The van der Waals surface area contributed by atoms with Crippen molar-refractivity contribution in [2.75, 3.05) is 63.7 Å². The zero-order valence-corrected chi connectivity index (χ0v) is 21.6. The first-order valence-electron chi connectivity index (χ1n) is 12.6. The van der Waals surface area contributed by atoms with Gasteiger partial charge in [0.05, 0.1) is 23.4 Å². The molecule has 1 saturated heterocycles. The second-order valence-corrected chi connectivity index (χ2v) is 10.7. The Labute approximate surface area is 212 Å². The Balaban J connectivity index is 1.64. The maximum Gasteiger partial charge on any atom is 0.170 e. The summed E-state index contributed by atoms with van der Waals surface area (Å²) in [5, 5.41) is 31.7. The highest BCUT2D eigenvalue weighted by molar-refractivity contribution is 6.20. The van der Waals surface area contributed by atoms with Crippen LogP contribution in [-0.4, -0.2) is 91.5 Å². The summed E-state index contributed by atoms with van der Waals surface area (Å²) in [4.78, 5) is 44.2. The Hall–Kier alpha value is -2.91. The highest BCUT2D eigenvalue weighted by atomic mass is 16.3. The number of hydrogen-bond acceptors (Lipinski definition) is 9. The van der Waals surface area contributed by atoms with Crippen molar-refractivity contribution in [1.29, 1.82) is 0 Å². The monoisotopic (exact) mass is 499 g/mol. The summed E-state index contributed by atoms with van der Waals surface area (Å²) >= 11 is 0. The minimum atomic E-state index is -0.709. The van der Waals surface area contributed by atoms with E-state index >= 15 is 0 Å². The molecular weight excluding hydrogens is 462 g/mol. The van der Waals surface area contributed by atoms with Gasteiger partial charge < -0.3 is 30.0 Å². The van der Waals surface area contributed by atoms with Crippen LogP contribution < -0.4 is 9.80 Å². The van der Waals surface area contributed by atoms with Gasteiger partial charge in [-0.3, -0.25) is 14.4 Å². The topological polar surface area (TPSA) is 122 Å². The number of carbonyl (C=O) groups is 3. The van der Waals surface area contributed by atoms with Crippen LogP contribution >= 0.6 is 0 Å². The van der Waals surface area contributed by atoms with Gasteiger partial charge in [-0.1, -0.05) is 0 Å². The second-order valence-electron chi connectivity index (χ2n) is 10.7. The van der Waals surface area contributed by atoms with E-state index in [4.69, 9.17) is 0 Å². The van der Waals surface area contributed by atoms with Gasteiger partial charge in [-0.15, -0.1) is 0 Å². The van der Waals surface area contributed by atoms with Gasteiger partial charge in [0.1, 0.15) is 11.5 Å². The van der Waals surface area contributed by atoms with Gasteiger partial charge >= 0.3 is 0 Å². The van der Waals surface area contributed by atoms with Crippen molar-refractivity contribution in [3.8, 4) is 5.75 Å². The molecule has 9 heteroatoms. The summed E-state index contributed by atoms with van der Waals surface area (Å²) < 4.78 is 0. The fraction of sp³-hybridized carbons (Fsp3) is 0.593. The van der Waals surface area contributed by atoms with Crippen molar-refractivity contribution in [1.82, 2.24) is 4.90 Å². The highest BCUT2D eigenvalue weighted by Crippen LogP contribution is 2.46. The number of rotatable bonds is 6. The van der Waals surface area contributed by atoms with E-state index in [0.29, 0.717) is 24.1 Å². The van der Waals surface area contributed by atoms with Crippen LogP contribution in [0.1, 0.15) is 42.1 Å². The number of aromatic hydroxyl groups is 1. The molecule has 36 heavy (non-hydrogen) atoms. The summed E-state index contributed by atoms with van der Waals surface area (Å²) in [6.07, 6.45) is 1.26. The Morgan fingerprint density at radius 3 is 2.31 bits per heavy atom. The molecule has 0 aromatic heterocycles. The first-order chi connectivity index (χ1) is 17.0. The third-order valence-electron chi connectivity index (χ3n) is 8.02. The van der Waals surface area contributed by atoms with E-state index in [-0.39, 0.29) is 54.1 Å². The van der Waals surface area contributed by atoms with E-state index in [1.54, 1.807) is 0 Å². The molecule has 1 fully saturated rings. The van der Waals surface area contributed by atoms with Crippen LogP contribution in [0.4, 0.5) is 11.4 Å². The van der Waals surface area contributed by atoms with E-state index in [2.05, 4.69) is 16.8 Å². The highest BCUT2D eigenvalue weighted by Gasteiger charge is 2.41.